The summed E-state index contributed by atoms with van der Waals surface area (Å²) in [5.74, 6) is 0. The van der Waals surface area contributed by atoms with Crippen LogP contribution in [0, 0.1) is 11.5 Å². The molecule has 0 saturated heterocycles. The van der Waals surface area contributed by atoms with Crippen LogP contribution in [-0.2, 0) is 4.74 Å². The molecule has 0 aliphatic rings. The van der Waals surface area contributed by atoms with Crippen LogP contribution >= 0.6 is 0 Å². The number of rotatable bonds is 4. The van der Waals surface area contributed by atoms with Gasteiger partial charge in [-0.25, -0.2) is 0 Å². The molecule has 2 heteroatoms. The fourth-order valence-corrected chi connectivity index (χ4v) is 0.981. The highest BCUT2D eigenvalue weighted by Crippen LogP contribution is 2.01. The lowest BCUT2D eigenvalue weighted by atomic mass is 10.2. The van der Waals surface area contributed by atoms with Crippen LogP contribution in [0.4, 0.5) is 0 Å². The summed E-state index contributed by atoms with van der Waals surface area (Å²) in [6.07, 6.45) is 9.52. The van der Waals surface area contributed by atoms with Gasteiger partial charge in [-0.2, -0.15) is 0 Å². The topological polar surface area (TPSA) is 33.0 Å². The molecule has 0 fully saturated rings. The standard InChI is InChI=1S/C12H11NO/c13-11-14-10-6-2-5-9-12-7-3-1-4-8-12/h1,3-10H,2H2. The second kappa shape index (κ2) is 6.50. The molecule has 0 saturated carbocycles. The van der Waals surface area contributed by atoms with Crippen LogP contribution < -0.4 is 0 Å². The number of ether oxygens (including phenoxy) is 1. The third-order valence-electron chi connectivity index (χ3n) is 1.60. The Kier molecular flexibility index (Phi) is 4.68. The van der Waals surface area contributed by atoms with Crippen LogP contribution in [0.2, 0.25) is 0 Å². The monoisotopic (exact) mass is 185 g/mol. The summed E-state index contributed by atoms with van der Waals surface area (Å²) in [5.41, 5.74) is 1.17. The van der Waals surface area contributed by atoms with Gasteiger partial charge in [-0.3, -0.25) is 0 Å². The molecule has 0 spiro atoms. The van der Waals surface area contributed by atoms with E-state index in [1.54, 1.807) is 12.3 Å². The Balaban J connectivity index is 2.32. The Hall–Kier alpha value is -2.01. The van der Waals surface area contributed by atoms with Gasteiger partial charge in [-0.1, -0.05) is 42.5 Å². The molecule has 0 bridgehead atoms. The molecule has 0 aromatic heterocycles. The van der Waals surface area contributed by atoms with E-state index in [2.05, 4.69) is 4.74 Å². The minimum atomic E-state index is 0.760. The molecular weight excluding hydrogens is 174 g/mol. The molecule has 0 N–H and O–H groups in total. The fourth-order valence-electron chi connectivity index (χ4n) is 0.981. The van der Waals surface area contributed by atoms with E-state index in [9.17, 15) is 0 Å². The molecule has 2 nitrogen and oxygen atoms in total. The van der Waals surface area contributed by atoms with Gasteiger partial charge < -0.3 is 4.74 Å². The molecule has 0 atom stereocenters. The average Bonchev–Trinajstić information content (AvgIpc) is 2.25. The summed E-state index contributed by atoms with van der Waals surface area (Å²) in [6.45, 7) is 0. The number of nitrogens with zero attached hydrogens (tertiary/aromatic N) is 1. The van der Waals surface area contributed by atoms with Gasteiger partial charge in [-0.15, -0.1) is 5.26 Å². The normalized spacial score (nSPS) is 10.5. The number of allylic oxidation sites excluding steroid dienone is 2. The second-order valence-electron chi connectivity index (χ2n) is 2.63. The Morgan fingerprint density at radius 2 is 2.00 bits per heavy atom. The van der Waals surface area contributed by atoms with Crippen molar-refractivity contribution in [3.8, 4) is 6.26 Å². The third-order valence-corrected chi connectivity index (χ3v) is 1.60. The molecule has 0 aliphatic carbocycles. The zero-order chi connectivity index (χ0) is 10.1. The van der Waals surface area contributed by atoms with Gasteiger partial charge in [0, 0.05) is 0 Å². The molecule has 0 aliphatic heterocycles. The first kappa shape index (κ1) is 10.1. The van der Waals surface area contributed by atoms with Crippen molar-refractivity contribution in [2.24, 2.45) is 0 Å². The van der Waals surface area contributed by atoms with Gasteiger partial charge in [0.2, 0.25) is 0 Å². The average molecular weight is 185 g/mol. The van der Waals surface area contributed by atoms with E-state index in [0.717, 1.165) is 6.42 Å². The Labute approximate surface area is 83.7 Å². The zero-order valence-electron chi connectivity index (χ0n) is 7.76. The quantitative estimate of drug-likeness (QED) is 0.533. The van der Waals surface area contributed by atoms with E-state index in [-0.39, 0.29) is 0 Å². The Morgan fingerprint density at radius 1 is 1.21 bits per heavy atom. The molecule has 1 aromatic carbocycles. The van der Waals surface area contributed by atoms with Crippen LogP contribution in [-0.4, -0.2) is 0 Å². The SMILES string of the molecule is N#COC=CCC=Cc1ccccc1. The molecule has 0 unspecified atom stereocenters. The predicted molar refractivity (Wildman–Crippen MR) is 55.9 cm³/mol. The first-order valence-electron chi connectivity index (χ1n) is 4.35. The molecule has 1 aromatic rings. The van der Waals surface area contributed by atoms with E-state index < -0.39 is 0 Å². The van der Waals surface area contributed by atoms with E-state index in [1.165, 1.54) is 11.8 Å². The first-order valence-corrected chi connectivity index (χ1v) is 4.35. The van der Waals surface area contributed by atoms with Gasteiger partial charge in [0.05, 0.1) is 0 Å². The molecule has 14 heavy (non-hydrogen) atoms. The van der Waals surface area contributed by atoms with Gasteiger partial charge in [0.1, 0.15) is 6.26 Å². The number of hydrogen-bond acceptors (Lipinski definition) is 2. The van der Waals surface area contributed by atoms with Crippen LogP contribution in [0.5, 0.6) is 0 Å². The summed E-state index contributed by atoms with van der Waals surface area (Å²) in [7, 11) is 0. The minimum absolute atomic E-state index is 0.760. The Morgan fingerprint density at radius 3 is 2.71 bits per heavy atom. The van der Waals surface area contributed by atoms with Crippen molar-refractivity contribution in [3.05, 3.63) is 54.3 Å². The van der Waals surface area contributed by atoms with E-state index in [4.69, 9.17) is 5.26 Å². The van der Waals surface area contributed by atoms with Crippen molar-refractivity contribution in [3.63, 3.8) is 0 Å². The maximum atomic E-state index is 8.06. The van der Waals surface area contributed by atoms with Crippen LogP contribution in [0.3, 0.4) is 0 Å². The molecule has 0 amide bonds. The molecule has 0 heterocycles. The molecule has 1 rings (SSSR count). The van der Waals surface area contributed by atoms with E-state index in [0.29, 0.717) is 0 Å². The smallest absolute Gasteiger partial charge is 0.291 e. The number of hydrogen-bond donors (Lipinski definition) is 0. The maximum absolute atomic E-state index is 8.06. The summed E-state index contributed by atoms with van der Waals surface area (Å²) < 4.78 is 4.38. The highest BCUT2D eigenvalue weighted by Gasteiger charge is 1.80. The first-order chi connectivity index (χ1) is 6.93. The summed E-state index contributed by atoms with van der Waals surface area (Å²) in [6, 6.07) is 10.0. The lowest BCUT2D eigenvalue weighted by Gasteiger charge is -1.89. The predicted octanol–water partition coefficient (Wildman–Crippen LogP) is 3.10. The summed E-state index contributed by atoms with van der Waals surface area (Å²) in [4.78, 5) is 0. The number of benzene rings is 1. The van der Waals surface area contributed by atoms with Gasteiger partial charge in [0.15, 0.2) is 0 Å². The fraction of sp³-hybridized carbons (Fsp3) is 0.0833. The largest absolute Gasteiger partial charge is 0.396 e. The maximum Gasteiger partial charge on any atom is 0.291 e. The highest BCUT2D eigenvalue weighted by atomic mass is 16.5. The van der Waals surface area contributed by atoms with Gasteiger partial charge in [-0.05, 0) is 18.1 Å². The summed E-state index contributed by atoms with van der Waals surface area (Å²) in [5, 5.41) is 8.06. The lowest BCUT2D eigenvalue weighted by Crippen LogP contribution is -1.68. The van der Waals surface area contributed by atoms with Crippen molar-refractivity contribution < 1.29 is 4.74 Å². The summed E-state index contributed by atoms with van der Waals surface area (Å²) >= 11 is 0. The van der Waals surface area contributed by atoms with E-state index in [1.807, 2.05) is 42.5 Å². The van der Waals surface area contributed by atoms with Gasteiger partial charge >= 0.3 is 0 Å². The zero-order valence-corrected chi connectivity index (χ0v) is 7.76. The van der Waals surface area contributed by atoms with Crippen LogP contribution in [0.15, 0.2) is 48.7 Å². The van der Waals surface area contributed by atoms with Crippen LogP contribution in [0.25, 0.3) is 6.08 Å². The van der Waals surface area contributed by atoms with Crippen molar-refractivity contribution in [1.82, 2.24) is 0 Å². The van der Waals surface area contributed by atoms with Crippen molar-refractivity contribution in [1.29, 1.82) is 5.26 Å². The van der Waals surface area contributed by atoms with Gasteiger partial charge in [0.25, 0.3) is 6.26 Å². The van der Waals surface area contributed by atoms with Crippen LogP contribution in [0.1, 0.15) is 12.0 Å². The third kappa shape index (κ3) is 4.13. The molecular formula is C12H11NO. The minimum Gasteiger partial charge on any atom is -0.396 e. The molecule has 0 radical (unpaired) electrons. The highest BCUT2D eigenvalue weighted by molar-refractivity contribution is 5.48. The molecule has 70 valence electrons. The van der Waals surface area contributed by atoms with Crippen molar-refractivity contribution in [2.75, 3.05) is 0 Å². The Bertz CT molecular complexity index is 346. The van der Waals surface area contributed by atoms with Crippen molar-refractivity contribution in [2.45, 2.75) is 6.42 Å². The lowest BCUT2D eigenvalue weighted by molar-refractivity contribution is 0.427. The number of nitriles is 1. The van der Waals surface area contributed by atoms with E-state index >= 15 is 0 Å². The second-order valence-corrected chi connectivity index (χ2v) is 2.63. The van der Waals surface area contributed by atoms with Crippen molar-refractivity contribution >= 4 is 6.08 Å².